The third-order valence-electron chi connectivity index (χ3n) is 6.68. The van der Waals surface area contributed by atoms with Crippen LogP contribution in [-0.4, -0.2) is 0 Å². The van der Waals surface area contributed by atoms with Gasteiger partial charge in [-0.3, -0.25) is 0 Å². The zero-order chi connectivity index (χ0) is 21.5. The highest BCUT2D eigenvalue weighted by Gasteiger charge is 2.39. The first-order valence-corrected chi connectivity index (χ1v) is 11.9. The topological polar surface area (TPSA) is 21.3 Å². The molecule has 3 aromatic rings. The number of hydrogen-bond acceptors (Lipinski definition) is 2. The number of benzene rings is 3. The quantitative estimate of drug-likeness (QED) is 0.370. The van der Waals surface area contributed by atoms with Crippen LogP contribution in [0.15, 0.2) is 71.2 Å². The molecule has 1 heterocycles. The molecule has 0 spiro atoms. The van der Waals surface area contributed by atoms with Crippen molar-refractivity contribution in [3.05, 3.63) is 104 Å². The van der Waals surface area contributed by atoms with Crippen molar-refractivity contribution in [3.8, 4) is 5.75 Å². The molecule has 1 N–H and O–H groups in total. The lowest BCUT2D eigenvalue weighted by atomic mass is 9.75. The summed E-state index contributed by atoms with van der Waals surface area (Å²) in [6.07, 6.45) is 5.85. The zero-order valence-electron chi connectivity index (χ0n) is 17.7. The molecular weight excluding hydrogens is 470 g/mol. The fraction of sp³-hybridized carbons (Fsp3) is 0.259. The SMILES string of the molecule is Cc1cc(Br)c2c(c1C)C1C=CCC1[C@@H](c1ccc(OCc3ccc(Cl)cc3)cc1)N2. The Morgan fingerprint density at radius 2 is 1.81 bits per heavy atom. The lowest BCUT2D eigenvalue weighted by molar-refractivity contribution is 0.306. The van der Waals surface area contributed by atoms with E-state index < -0.39 is 0 Å². The lowest BCUT2D eigenvalue weighted by Crippen LogP contribution is -2.30. The Morgan fingerprint density at radius 3 is 2.55 bits per heavy atom. The Hall–Kier alpha value is -2.23. The van der Waals surface area contributed by atoms with Gasteiger partial charge in [0.05, 0.1) is 11.7 Å². The molecule has 0 saturated heterocycles. The number of halogens is 2. The monoisotopic (exact) mass is 493 g/mol. The van der Waals surface area contributed by atoms with E-state index >= 15 is 0 Å². The Morgan fingerprint density at radius 1 is 1.06 bits per heavy atom. The van der Waals surface area contributed by atoms with Crippen molar-refractivity contribution in [1.82, 2.24) is 0 Å². The summed E-state index contributed by atoms with van der Waals surface area (Å²) >= 11 is 9.77. The first kappa shape index (κ1) is 20.7. The Kier molecular flexibility index (Phi) is 5.58. The molecule has 0 saturated carbocycles. The number of allylic oxidation sites excluding steroid dienone is 2. The molecule has 2 aliphatic rings. The van der Waals surface area contributed by atoms with E-state index in [1.54, 1.807) is 0 Å². The van der Waals surface area contributed by atoms with Crippen molar-refractivity contribution in [2.75, 3.05) is 5.32 Å². The van der Waals surface area contributed by atoms with Crippen LogP contribution in [0.1, 0.15) is 46.2 Å². The van der Waals surface area contributed by atoms with E-state index in [1.807, 2.05) is 24.3 Å². The van der Waals surface area contributed by atoms with Crippen LogP contribution in [0.4, 0.5) is 5.69 Å². The van der Waals surface area contributed by atoms with Gasteiger partial charge in [0.25, 0.3) is 0 Å². The van der Waals surface area contributed by atoms with Crippen molar-refractivity contribution in [1.29, 1.82) is 0 Å². The van der Waals surface area contributed by atoms with Gasteiger partial charge in [0.15, 0.2) is 0 Å². The summed E-state index contributed by atoms with van der Waals surface area (Å²) in [5, 5.41) is 4.61. The largest absolute Gasteiger partial charge is 0.489 e. The molecule has 0 amide bonds. The summed E-state index contributed by atoms with van der Waals surface area (Å²) in [7, 11) is 0. The summed E-state index contributed by atoms with van der Waals surface area (Å²) in [5.41, 5.74) is 7.83. The van der Waals surface area contributed by atoms with Crippen LogP contribution in [0, 0.1) is 19.8 Å². The lowest BCUT2D eigenvalue weighted by Gasteiger charge is -2.39. The molecule has 31 heavy (non-hydrogen) atoms. The van der Waals surface area contributed by atoms with Crippen LogP contribution in [0.3, 0.4) is 0 Å². The molecular formula is C27H25BrClNO. The zero-order valence-corrected chi connectivity index (χ0v) is 20.0. The second-order valence-electron chi connectivity index (χ2n) is 8.55. The summed E-state index contributed by atoms with van der Waals surface area (Å²) in [4.78, 5) is 0. The second kappa shape index (κ2) is 8.37. The van der Waals surface area contributed by atoms with Crippen molar-refractivity contribution < 1.29 is 4.74 Å². The third-order valence-corrected chi connectivity index (χ3v) is 7.56. The minimum Gasteiger partial charge on any atom is -0.489 e. The fourth-order valence-electron chi connectivity index (χ4n) is 4.90. The smallest absolute Gasteiger partial charge is 0.119 e. The third kappa shape index (κ3) is 3.90. The van der Waals surface area contributed by atoms with Crippen LogP contribution in [0.25, 0.3) is 0 Å². The molecule has 0 aromatic heterocycles. The fourth-order valence-corrected chi connectivity index (χ4v) is 5.70. The van der Waals surface area contributed by atoms with E-state index in [1.165, 1.54) is 27.9 Å². The second-order valence-corrected chi connectivity index (χ2v) is 9.84. The minimum absolute atomic E-state index is 0.274. The van der Waals surface area contributed by atoms with Crippen molar-refractivity contribution in [2.45, 2.75) is 38.8 Å². The van der Waals surface area contributed by atoms with E-state index in [0.29, 0.717) is 18.4 Å². The van der Waals surface area contributed by atoms with E-state index in [0.717, 1.165) is 27.2 Å². The summed E-state index contributed by atoms with van der Waals surface area (Å²) in [6, 6.07) is 18.8. The van der Waals surface area contributed by atoms with Gasteiger partial charge in [-0.25, -0.2) is 0 Å². The Labute approximate surface area is 197 Å². The number of aryl methyl sites for hydroxylation is 1. The first-order valence-electron chi connectivity index (χ1n) is 10.7. The van der Waals surface area contributed by atoms with E-state index in [2.05, 4.69) is 77.6 Å². The minimum atomic E-state index is 0.274. The summed E-state index contributed by atoms with van der Waals surface area (Å²) < 4.78 is 7.13. The van der Waals surface area contributed by atoms with E-state index in [-0.39, 0.29) is 6.04 Å². The van der Waals surface area contributed by atoms with E-state index in [4.69, 9.17) is 16.3 Å². The van der Waals surface area contributed by atoms with Gasteiger partial charge >= 0.3 is 0 Å². The maximum Gasteiger partial charge on any atom is 0.119 e. The van der Waals surface area contributed by atoms with E-state index in [9.17, 15) is 0 Å². The number of ether oxygens (including phenoxy) is 1. The Bertz CT molecular complexity index is 1140. The van der Waals surface area contributed by atoms with Gasteiger partial charge in [-0.05, 0) is 100 Å². The molecule has 0 bridgehead atoms. The molecule has 2 nitrogen and oxygen atoms in total. The molecule has 1 aliphatic heterocycles. The van der Waals surface area contributed by atoms with Gasteiger partial charge in [0.2, 0.25) is 0 Å². The standard InChI is InChI=1S/C27H25BrClNO/c1-16-14-24(28)27-25(17(16)2)22-4-3-5-23(22)26(30-27)19-8-12-21(13-9-19)31-15-18-6-10-20(29)11-7-18/h3-4,6-14,22-23,26,30H,5,15H2,1-2H3/t22?,23?,26-/m1/s1. The Balaban J connectivity index is 1.38. The van der Waals surface area contributed by atoms with Crippen molar-refractivity contribution in [2.24, 2.45) is 5.92 Å². The van der Waals surface area contributed by atoms with Crippen molar-refractivity contribution >= 4 is 33.2 Å². The van der Waals surface area contributed by atoms with Crippen LogP contribution in [-0.2, 0) is 6.61 Å². The van der Waals surface area contributed by atoms with Gasteiger partial charge in [0.1, 0.15) is 12.4 Å². The van der Waals surface area contributed by atoms with Crippen molar-refractivity contribution in [3.63, 3.8) is 0 Å². The normalized spacial score (nSPS) is 21.4. The average Bonchev–Trinajstić information content (AvgIpc) is 3.26. The van der Waals surface area contributed by atoms with Gasteiger partial charge in [-0.2, -0.15) is 0 Å². The highest BCUT2D eigenvalue weighted by molar-refractivity contribution is 9.10. The molecule has 158 valence electrons. The van der Waals surface area contributed by atoms with Gasteiger partial charge in [-0.1, -0.05) is 48.0 Å². The average molecular weight is 495 g/mol. The van der Waals surface area contributed by atoms with Gasteiger partial charge < -0.3 is 10.1 Å². The molecule has 1 aliphatic carbocycles. The number of nitrogens with one attached hydrogen (secondary N) is 1. The number of fused-ring (bicyclic) bond motifs is 3. The maximum absolute atomic E-state index is 5.98. The van der Waals surface area contributed by atoms with Crippen LogP contribution in [0.2, 0.25) is 5.02 Å². The predicted molar refractivity (Wildman–Crippen MR) is 132 cm³/mol. The maximum atomic E-state index is 5.98. The van der Waals surface area contributed by atoms with Crippen LogP contribution in [0.5, 0.6) is 5.75 Å². The molecule has 2 unspecified atom stereocenters. The molecule has 5 rings (SSSR count). The van der Waals surface area contributed by atoms with Gasteiger partial charge in [-0.15, -0.1) is 0 Å². The van der Waals surface area contributed by atoms with Gasteiger partial charge in [0, 0.05) is 15.4 Å². The molecule has 0 radical (unpaired) electrons. The highest BCUT2D eigenvalue weighted by Crippen LogP contribution is 2.53. The molecule has 3 atom stereocenters. The summed E-state index contributed by atoms with van der Waals surface area (Å²) in [6.45, 7) is 4.98. The first-order chi connectivity index (χ1) is 15.0. The molecule has 4 heteroatoms. The molecule has 3 aromatic carbocycles. The van der Waals surface area contributed by atoms with Crippen LogP contribution >= 0.6 is 27.5 Å². The molecule has 0 fully saturated rings. The highest BCUT2D eigenvalue weighted by atomic mass is 79.9. The van der Waals surface area contributed by atoms with Crippen LogP contribution < -0.4 is 10.1 Å². The summed E-state index contributed by atoms with van der Waals surface area (Å²) in [5.74, 6) is 1.86. The number of rotatable bonds is 4. The number of hydrogen-bond donors (Lipinski definition) is 1. The number of anilines is 1. The predicted octanol–water partition coefficient (Wildman–Crippen LogP) is 8.12.